The first-order valence-electron chi connectivity index (χ1n) is 7.55. The lowest BCUT2D eigenvalue weighted by atomic mass is 10.1. The maximum Gasteiger partial charge on any atom is 0.317 e. The summed E-state index contributed by atoms with van der Waals surface area (Å²) >= 11 is 0. The van der Waals surface area contributed by atoms with Crippen LogP contribution >= 0.6 is 0 Å². The lowest BCUT2D eigenvalue weighted by molar-refractivity contribution is -0.141. The van der Waals surface area contributed by atoms with E-state index in [-0.39, 0.29) is 19.1 Å². The molecule has 1 aromatic carbocycles. The van der Waals surface area contributed by atoms with Crippen LogP contribution in [0.1, 0.15) is 12.7 Å². The molecule has 1 atom stereocenters. The van der Waals surface area contributed by atoms with Crippen LogP contribution in [0.25, 0.3) is 11.1 Å². The monoisotopic (exact) mass is 328 g/mol. The van der Waals surface area contributed by atoms with Crippen molar-refractivity contribution in [1.82, 2.24) is 20.2 Å². The minimum atomic E-state index is -0.936. The molecule has 7 nitrogen and oxygen atoms in total. The normalized spacial score (nSPS) is 11.6. The highest BCUT2D eigenvalue weighted by molar-refractivity contribution is 5.75. The van der Waals surface area contributed by atoms with Gasteiger partial charge in [0.25, 0.3) is 0 Å². The number of nitrogens with one attached hydrogen (secondary N) is 1. The molecule has 1 heterocycles. The fourth-order valence-corrected chi connectivity index (χ4v) is 2.09. The first-order chi connectivity index (χ1) is 11.5. The van der Waals surface area contributed by atoms with Crippen molar-refractivity contribution in [1.29, 1.82) is 0 Å². The minimum Gasteiger partial charge on any atom is -0.481 e. The van der Waals surface area contributed by atoms with Crippen molar-refractivity contribution < 1.29 is 14.7 Å². The Hall–Kier alpha value is -2.96. The zero-order valence-electron chi connectivity index (χ0n) is 13.6. The van der Waals surface area contributed by atoms with E-state index < -0.39 is 11.9 Å². The van der Waals surface area contributed by atoms with E-state index >= 15 is 0 Å². The van der Waals surface area contributed by atoms with Crippen molar-refractivity contribution in [3.8, 4) is 11.1 Å². The number of rotatable bonds is 6. The van der Waals surface area contributed by atoms with Gasteiger partial charge in [-0.25, -0.2) is 14.8 Å². The highest BCUT2D eigenvalue weighted by atomic mass is 16.4. The maximum atomic E-state index is 11.9. The summed E-state index contributed by atoms with van der Waals surface area (Å²) in [4.78, 5) is 32.5. The van der Waals surface area contributed by atoms with Gasteiger partial charge in [-0.2, -0.15) is 0 Å². The average Bonchev–Trinajstić information content (AvgIpc) is 2.60. The summed E-state index contributed by atoms with van der Waals surface area (Å²) in [5.41, 5.74) is 1.92. The van der Waals surface area contributed by atoms with Gasteiger partial charge in [0, 0.05) is 31.5 Å². The molecule has 1 aromatic heterocycles. The molecule has 0 radical (unpaired) electrons. The van der Waals surface area contributed by atoms with Gasteiger partial charge >= 0.3 is 12.0 Å². The molecule has 0 saturated carbocycles. The fourth-order valence-electron chi connectivity index (χ4n) is 2.09. The van der Waals surface area contributed by atoms with E-state index in [0.717, 1.165) is 11.1 Å². The van der Waals surface area contributed by atoms with Crippen LogP contribution in [0.4, 0.5) is 4.79 Å². The quantitative estimate of drug-likeness (QED) is 0.845. The minimum absolute atomic E-state index is 0.134. The second kappa shape index (κ2) is 8.05. The van der Waals surface area contributed by atoms with E-state index in [1.807, 2.05) is 30.3 Å². The van der Waals surface area contributed by atoms with Crippen molar-refractivity contribution in [2.75, 3.05) is 13.6 Å². The van der Waals surface area contributed by atoms with Crippen molar-refractivity contribution in [2.45, 2.75) is 13.5 Å². The zero-order valence-corrected chi connectivity index (χ0v) is 13.6. The molecule has 0 aliphatic carbocycles. The Morgan fingerprint density at radius 3 is 2.38 bits per heavy atom. The van der Waals surface area contributed by atoms with Gasteiger partial charge in [0.05, 0.1) is 12.5 Å². The predicted molar refractivity (Wildman–Crippen MR) is 89.1 cm³/mol. The van der Waals surface area contributed by atoms with Crippen molar-refractivity contribution >= 4 is 12.0 Å². The van der Waals surface area contributed by atoms with Crippen LogP contribution in [-0.4, -0.2) is 45.6 Å². The molecule has 2 rings (SSSR count). The summed E-state index contributed by atoms with van der Waals surface area (Å²) in [6, 6.07) is 9.40. The number of urea groups is 1. The van der Waals surface area contributed by atoms with Gasteiger partial charge in [-0.15, -0.1) is 0 Å². The van der Waals surface area contributed by atoms with Crippen molar-refractivity contribution in [3.05, 3.63) is 48.5 Å². The molecule has 7 heteroatoms. The number of carboxylic acid groups (broad SMARTS) is 1. The van der Waals surface area contributed by atoms with E-state index in [9.17, 15) is 9.59 Å². The van der Waals surface area contributed by atoms with E-state index in [2.05, 4.69) is 15.3 Å². The van der Waals surface area contributed by atoms with Crippen molar-refractivity contribution in [3.63, 3.8) is 0 Å². The summed E-state index contributed by atoms with van der Waals surface area (Å²) in [5.74, 6) is -1.07. The summed E-state index contributed by atoms with van der Waals surface area (Å²) in [6.07, 6.45) is 3.42. The van der Waals surface area contributed by atoms with Gasteiger partial charge in [0.2, 0.25) is 0 Å². The van der Waals surface area contributed by atoms with Crippen LogP contribution in [-0.2, 0) is 11.3 Å². The number of amides is 2. The Morgan fingerprint density at radius 2 is 1.79 bits per heavy atom. The fraction of sp³-hybridized carbons (Fsp3) is 0.294. The molecule has 0 spiro atoms. The molecule has 0 saturated heterocycles. The number of hydrogen-bond acceptors (Lipinski definition) is 4. The molecule has 0 fully saturated rings. The Balaban J connectivity index is 1.88. The lowest BCUT2D eigenvalue weighted by Gasteiger charge is -2.19. The molecule has 0 bridgehead atoms. The molecule has 2 amide bonds. The second-order valence-electron chi connectivity index (χ2n) is 5.53. The smallest absolute Gasteiger partial charge is 0.317 e. The Bertz CT molecular complexity index is 689. The van der Waals surface area contributed by atoms with Gasteiger partial charge in [-0.1, -0.05) is 37.3 Å². The topological polar surface area (TPSA) is 95.4 Å². The SMILES string of the molecule is CC(CN(C)C(=O)NCc1ncc(-c2ccccc2)cn1)C(=O)O. The number of benzene rings is 1. The molecule has 2 N–H and O–H groups in total. The average molecular weight is 328 g/mol. The molecule has 24 heavy (non-hydrogen) atoms. The van der Waals surface area contributed by atoms with Crippen LogP contribution < -0.4 is 5.32 Å². The standard InChI is InChI=1S/C17H20N4O3/c1-12(16(22)23)11-21(2)17(24)20-10-15-18-8-14(9-19-15)13-6-4-3-5-7-13/h3-9,12H,10-11H2,1-2H3,(H,20,24)(H,22,23). The molecule has 2 aromatic rings. The molecular formula is C17H20N4O3. The number of carboxylic acids is 1. The number of aromatic nitrogens is 2. The summed E-state index contributed by atoms with van der Waals surface area (Å²) < 4.78 is 0. The Kier molecular flexibility index (Phi) is 5.83. The number of carbonyl (C=O) groups excluding carboxylic acids is 1. The van der Waals surface area contributed by atoms with E-state index in [4.69, 9.17) is 5.11 Å². The number of aliphatic carboxylic acids is 1. The lowest BCUT2D eigenvalue weighted by Crippen LogP contribution is -2.40. The van der Waals surface area contributed by atoms with E-state index in [1.54, 1.807) is 26.4 Å². The van der Waals surface area contributed by atoms with Crippen LogP contribution in [0.5, 0.6) is 0 Å². The predicted octanol–water partition coefficient (Wildman–Crippen LogP) is 2.01. The number of nitrogens with zero attached hydrogens (tertiary/aromatic N) is 3. The third-order valence-electron chi connectivity index (χ3n) is 3.53. The van der Waals surface area contributed by atoms with Gasteiger partial charge in [0.1, 0.15) is 5.82 Å². The first kappa shape index (κ1) is 17.4. The third kappa shape index (κ3) is 4.77. The highest BCUT2D eigenvalue weighted by Gasteiger charge is 2.17. The first-order valence-corrected chi connectivity index (χ1v) is 7.55. The number of carbonyl (C=O) groups is 2. The number of hydrogen-bond donors (Lipinski definition) is 2. The van der Waals surface area contributed by atoms with Gasteiger partial charge in [0.15, 0.2) is 0 Å². The van der Waals surface area contributed by atoms with Crippen LogP contribution in [0.3, 0.4) is 0 Å². The maximum absolute atomic E-state index is 11.9. The van der Waals surface area contributed by atoms with Crippen LogP contribution in [0.2, 0.25) is 0 Å². The highest BCUT2D eigenvalue weighted by Crippen LogP contribution is 2.16. The molecule has 1 unspecified atom stereocenters. The summed E-state index contributed by atoms with van der Waals surface area (Å²) in [7, 11) is 1.55. The molecule has 0 aliphatic heterocycles. The van der Waals surface area contributed by atoms with Crippen molar-refractivity contribution in [2.24, 2.45) is 5.92 Å². The summed E-state index contributed by atoms with van der Waals surface area (Å²) in [5, 5.41) is 11.5. The van der Waals surface area contributed by atoms with Crippen LogP contribution in [0, 0.1) is 5.92 Å². The summed E-state index contributed by atoms with van der Waals surface area (Å²) in [6.45, 7) is 1.87. The largest absolute Gasteiger partial charge is 0.481 e. The van der Waals surface area contributed by atoms with E-state index in [0.29, 0.717) is 5.82 Å². The Morgan fingerprint density at radius 1 is 1.17 bits per heavy atom. The zero-order chi connectivity index (χ0) is 17.5. The second-order valence-corrected chi connectivity index (χ2v) is 5.53. The molecule has 126 valence electrons. The van der Waals surface area contributed by atoms with Gasteiger partial charge in [-0.05, 0) is 5.56 Å². The van der Waals surface area contributed by atoms with Gasteiger partial charge in [-0.3, -0.25) is 4.79 Å². The third-order valence-corrected chi connectivity index (χ3v) is 3.53. The molecular weight excluding hydrogens is 308 g/mol. The van der Waals surface area contributed by atoms with E-state index in [1.165, 1.54) is 4.90 Å². The molecule has 0 aliphatic rings. The van der Waals surface area contributed by atoms with Crippen LogP contribution in [0.15, 0.2) is 42.7 Å². The Labute approximate surface area is 140 Å². The van der Waals surface area contributed by atoms with Gasteiger partial charge < -0.3 is 15.3 Å².